The van der Waals surface area contributed by atoms with E-state index in [9.17, 15) is 9.90 Å². The molecule has 0 aromatic heterocycles. The Morgan fingerprint density at radius 2 is 1.85 bits per heavy atom. The van der Waals surface area contributed by atoms with Crippen molar-refractivity contribution in [3.8, 4) is 0 Å². The van der Waals surface area contributed by atoms with Crippen LogP contribution in [0, 0.1) is 17.8 Å². The van der Waals surface area contributed by atoms with Crippen LogP contribution in [-0.2, 0) is 0 Å². The molecular formula is C16H25NO2S. The summed E-state index contributed by atoms with van der Waals surface area (Å²) in [6.07, 6.45) is 1.90. The number of anilines is 1. The lowest BCUT2D eigenvalue weighted by Crippen LogP contribution is -2.25. The maximum atomic E-state index is 11.5. The molecule has 0 bridgehead atoms. The van der Waals surface area contributed by atoms with Crippen molar-refractivity contribution in [3.05, 3.63) is 23.8 Å². The summed E-state index contributed by atoms with van der Waals surface area (Å²) in [4.78, 5) is 12.3. The number of benzene rings is 1. The first kappa shape index (κ1) is 16.9. The summed E-state index contributed by atoms with van der Waals surface area (Å²) in [5, 5.41) is 12.7. The molecule has 1 aromatic carbocycles. The van der Waals surface area contributed by atoms with Crippen molar-refractivity contribution < 1.29 is 9.90 Å². The van der Waals surface area contributed by atoms with Gasteiger partial charge in [-0.25, -0.2) is 4.79 Å². The van der Waals surface area contributed by atoms with Crippen molar-refractivity contribution >= 4 is 23.4 Å². The first-order valence-corrected chi connectivity index (χ1v) is 8.25. The number of thioether (sulfide) groups is 1. The van der Waals surface area contributed by atoms with Crippen molar-refractivity contribution in [2.75, 3.05) is 18.1 Å². The Hall–Kier alpha value is -1.16. The monoisotopic (exact) mass is 295 g/mol. The summed E-state index contributed by atoms with van der Waals surface area (Å²) in [5.74, 6) is 0.789. The van der Waals surface area contributed by atoms with Crippen LogP contribution in [0.5, 0.6) is 0 Å². The number of aromatic carboxylic acids is 1. The Morgan fingerprint density at radius 1 is 1.25 bits per heavy atom. The molecule has 0 radical (unpaired) electrons. The molecule has 0 saturated carbocycles. The number of nitrogens with one attached hydrogen (secondary N) is 1. The fourth-order valence-corrected chi connectivity index (χ4v) is 3.15. The van der Waals surface area contributed by atoms with Crippen LogP contribution in [-0.4, -0.2) is 23.9 Å². The summed E-state index contributed by atoms with van der Waals surface area (Å²) in [6.45, 7) is 9.64. The second-order valence-corrected chi connectivity index (χ2v) is 6.57. The highest BCUT2D eigenvalue weighted by Gasteiger charge is 2.19. The third-order valence-corrected chi connectivity index (χ3v) is 4.48. The molecule has 20 heavy (non-hydrogen) atoms. The lowest BCUT2D eigenvalue weighted by molar-refractivity contribution is 0.0694. The summed E-state index contributed by atoms with van der Waals surface area (Å²) in [6, 6.07) is 5.60. The van der Waals surface area contributed by atoms with Gasteiger partial charge in [0.15, 0.2) is 0 Å². The molecule has 0 aliphatic heterocycles. The molecule has 0 atom stereocenters. The molecule has 0 spiro atoms. The molecule has 0 aliphatic rings. The molecule has 1 rings (SSSR count). The van der Waals surface area contributed by atoms with Crippen molar-refractivity contribution in [1.29, 1.82) is 0 Å². The predicted octanol–water partition coefficient (Wildman–Crippen LogP) is 4.45. The third kappa shape index (κ3) is 4.17. The van der Waals surface area contributed by atoms with E-state index in [2.05, 4.69) is 33.0 Å². The Labute approximate surface area is 126 Å². The van der Waals surface area contributed by atoms with Crippen LogP contribution < -0.4 is 5.32 Å². The van der Waals surface area contributed by atoms with E-state index in [4.69, 9.17) is 0 Å². The van der Waals surface area contributed by atoms with E-state index in [0.29, 0.717) is 23.3 Å². The fourth-order valence-electron chi connectivity index (χ4n) is 2.54. The Bertz CT molecular complexity index is 450. The Morgan fingerprint density at radius 3 is 2.30 bits per heavy atom. The molecule has 0 saturated heterocycles. The number of carboxylic acids is 1. The van der Waals surface area contributed by atoms with Crippen LogP contribution in [0.2, 0.25) is 0 Å². The lowest BCUT2D eigenvalue weighted by Gasteiger charge is -2.26. The van der Waals surface area contributed by atoms with Gasteiger partial charge >= 0.3 is 5.97 Å². The third-order valence-electron chi connectivity index (χ3n) is 3.70. The van der Waals surface area contributed by atoms with Crippen molar-refractivity contribution in [2.45, 2.75) is 32.6 Å². The minimum absolute atomic E-state index is 0.381. The van der Waals surface area contributed by atoms with Crippen LogP contribution in [0.15, 0.2) is 23.1 Å². The zero-order valence-corrected chi connectivity index (χ0v) is 13.8. The minimum atomic E-state index is -0.872. The normalized spacial score (nSPS) is 11.4. The first-order chi connectivity index (χ1) is 9.38. The first-order valence-electron chi connectivity index (χ1n) is 7.02. The van der Waals surface area contributed by atoms with Crippen LogP contribution in [0.4, 0.5) is 5.69 Å². The SMILES string of the molecule is CSc1cccc(NCC(C(C)C)C(C)C)c1C(=O)O. The number of hydrogen-bond acceptors (Lipinski definition) is 3. The maximum absolute atomic E-state index is 11.5. The molecule has 112 valence electrons. The Balaban J connectivity index is 2.95. The fraction of sp³-hybridized carbons (Fsp3) is 0.562. The van der Waals surface area contributed by atoms with Gasteiger partial charge in [-0.2, -0.15) is 0 Å². The summed E-state index contributed by atoms with van der Waals surface area (Å²) >= 11 is 1.46. The maximum Gasteiger partial charge on any atom is 0.338 e. The zero-order valence-electron chi connectivity index (χ0n) is 12.9. The van der Waals surface area contributed by atoms with E-state index in [1.807, 2.05) is 24.5 Å². The zero-order chi connectivity index (χ0) is 15.3. The van der Waals surface area contributed by atoms with E-state index in [0.717, 1.165) is 17.1 Å². The summed E-state index contributed by atoms with van der Waals surface area (Å²) < 4.78 is 0. The molecule has 3 nitrogen and oxygen atoms in total. The van der Waals surface area contributed by atoms with Gasteiger partial charge in [0.1, 0.15) is 0 Å². The second kappa shape index (κ2) is 7.58. The lowest BCUT2D eigenvalue weighted by atomic mass is 9.85. The highest BCUT2D eigenvalue weighted by atomic mass is 32.2. The molecule has 1 aromatic rings. The van der Waals surface area contributed by atoms with Gasteiger partial charge in [-0.3, -0.25) is 0 Å². The van der Waals surface area contributed by atoms with Gasteiger partial charge in [0.2, 0.25) is 0 Å². The van der Waals surface area contributed by atoms with E-state index < -0.39 is 5.97 Å². The molecule has 0 heterocycles. The second-order valence-electron chi connectivity index (χ2n) is 5.72. The van der Waals surface area contributed by atoms with Crippen molar-refractivity contribution in [1.82, 2.24) is 0 Å². The highest BCUT2D eigenvalue weighted by molar-refractivity contribution is 7.98. The van der Waals surface area contributed by atoms with Crippen LogP contribution in [0.1, 0.15) is 38.1 Å². The molecular weight excluding hydrogens is 270 g/mol. The smallest absolute Gasteiger partial charge is 0.338 e. The van der Waals surface area contributed by atoms with Crippen LogP contribution in [0.3, 0.4) is 0 Å². The average Bonchev–Trinajstić information content (AvgIpc) is 2.37. The quantitative estimate of drug-likeness (QED) is 0.730. The van der Waals surface area contributed by atoms with Gasteiger partial charge < -0.3 is 10.4 Å². The van der Waals surface area contributed by atoms with Crippen molar-refractivity contribution in [2.24, 2.45) is 17.8 Å². The predicted molar refractivity (Wildman–Crippen MR) is 86.8 cm³/mol. The molecule has 0 unspecified atom stereocenters. The summed E-state index contributed by atoms with van der Waals surface area (Å²) in [5.41, 5.74) is 1.10. The van der Waals surface area contributed by atoms with Gasteiger partial charge in [-0.05, 0) is 36.1 Å². The van der Waals surface area contributed by atoms with Gasteiger partial charge in [0.05, 0.1) is 5.56 Å². The van der Waals surface area contributed by atoms with E-state index in [1.54, 1.807) is 0 Å². The van der Waals surface area contributed by atoms with Gasteiger partial charge in [-0.15, -0.1) is 11.8 Å². The van der Waals surface area contributed by atoms with Crippen LogP contribution >= 0.6 is 11.8 Å². The highest BCUT2D eigenvalue weighted by Crippen LogP contribution is 2.28. The Kier molecular flexibility index (Phi) is 6.40. The standard InChI is InChI=1S/C16H25NO2S/c1-10(2)12(11(3)4)9-17-13-7-6-8-14(20-5)15(13)16(18)19/h6-8,10-12,17H,9H2,1-5H3,(H,18,19). The largest absolute Gasteiger partial charge is 0.478 e. The van der Waals surface area contributed by atoms with E-state index in [-0.39, 0.29) is 0 Å². The average molecular weight is 295 g/mol. The molecule has 0 amide bonds. The number of rotatable bonds is 7. The number of carbonyl (C=O) groups is 1. The van der Waals surface area contributed by atoms with E-state index in [1.165, 1.54) is 11.8 Å². The molecule has 4 heteroatoms. The van der Waals surface area contributed by atoms with E-state index >= 15 is 0 Å². The van der Waals surface area contributed by atoms with Gasteiger partial charge in [0.25, 0.3) is 0 Å². The molecule has 0 fully saturated rings. The van der Waals surface area contributed by atoms with Crippen LogP contribution in [0.25, 0.3) is 0 Å². The minimum Gasteiger partial charge on any atom is -0.478 e. The van der Waals surface area contributed by atoms with Gasteiger partial charge in [-0.1, -0.05) is 33.8 Å². The van der Waals surface area contributed by atoms with Crippen molar-refractivity contribution in [3.63, 3.8) is 0 Å². The number of hydrogen-bond donors (Lipinski definition) is 2. The number of carboxylic acid groups (broad SMARTS) is 1. The summed E-state index contributed by atoms with van der Waals surface area (Å²) in [7, 11) is 0. The molecule has 0 aliphatic carbocycles. The van der Waals surface area contributed by atoms with Gasteiger partial charge in [0, 0.05) is 17.1 Å². The molecule has 2 N–H and O–H groups in total. The topological polar surface area (TPSA) is 49.3 Å².